The van der Waals surface area contributed by atoms with Gasteiger partial charge in [-0.3, -0.25) is 0 Å². The Morgan fingerprint density at radius 2 is 2.12 bits per heavy atom. The summed E-state index contributed by atoms with van der Waals surface area (Å²) in [6.45, 7) is 0. The first-order valence-corrected chi connectivity index (χ1v) is 9.45. The van der Waals surface area contributed by atoms with Gasteiger partial charge in [-0.2, -0.15) is 4.52 Å². The molecule has 3 heterocycles. The van der Waals surface area contributed by atoms with E-state index in [1.165, 1.54) is 18.2 Å². The van der Waals surface area contributed by atoms with Crippen LogP contribution in [0.1, 0.15) is 19.3 Å². The van der Waals surface area contributed by atoms with E-state index in [-0.39, 0.29) is 0 Å². The van der Waals surface area contributed by atoms with Gasteiger partial charge in [0.25, 0.3) is 0 Å². The third kappa shape index (κ3) is 2.51. The molecule has 5 rings (SSSR count). The second-order valence-corrected chi connectivity index (χ2v) is 7.61. The van der Waals surface area contributed by atoms with Gasteiger partial charge in [0.15, 0.2) is 5.65 Å². The van der Waals surface area contributed by atoms with Gasteiger partial charge in [-0.15, -0.1) is 26.6 Å². The van der Waals surface area contributed by atoms with Crippen molar-refractivity contribution >= 4 is 39.0 Å². The van der Waals surface area contributed by atoms with E-state index < -0.39 is 0 Å². The van der Waals surface area contributed by atoms with Gasteiger partial charge < -0.3 is 4.74 Å². The predicted molar refractivity (Wildman–Crippen MR) is 92.8 cm³/mol. The van der Waals surface area contributed by atoms with Gasteiger partial charge in [0.2, 0.25) is 11.0 Å². The van der Waals surface area contributed by atoms with E-state index in [0.717, 1.165) is 38.8 Å². The second-order valence-electron chi connectivity index (χ2n) is 5.68. The van der Waals surface area contributed by atoms with Crippen molar-refractivity contribution in [3.63, 3.8) is 0 Å². The zero-order chi connectivity index (χ0) is 15.9. The van der Waals surface area contributed by atoms with Gasteiger partial charge in [-0.05, 0) is 55.3 Å². The van der Waals surface area contributed by atoms with Gasteiger partial charge in [-0.1, -0.05) is 0 Å². The van der Waals surface area contributed by atoms with Crippen LogP contribution >= 0.6 is 23.1 Å². The van der Waals surface area contributed by atoms with Crippen LogP contribution < -0.4 is 4.74 Å². The Morgan fingerprint density at radius 3 is 3.00 bits per heavy atom. The average molecular weight is 355 g/mol. The Hall–Kier alpha value is -2.19. The van der Waals surface area contributed by atoms with Crippen LogP contribution in [0.2, 0.25) is 0 Å². The Bertz CT molecular complexity index is 1020. The topological polar surface area (TPSA) is 65.2 Å². The predicted octanol–water partition coefficient (Wildman–Crippen LogP) is 3.82. The highest BCUT2D eigenvalue weighted by Crippen LogP contribution is 2.30. The Morgan fingerprint density at radius 1 is 1.17 bits per heavy atom. The normalized spacial score (nSPS) is 15.0. The molecule has 1 fully saturated rings. The molecule has 0 bridgehead atoms. The molecule has 6 nitrogen and oxygen atoms in total. The fourth-order valence-corrected chi connectivity index (χ4v) is 4.16. The maximum atomic E-state index is 5.88. The van der Waals surface area contributed by atoms with E-state index in [0.29, 0.717) is 12.0 Å². The minimum Gasteiger partial charge on any atom is -0.473 e. The zero-order valence-corrected chi connectivity index (χ0v) is 14.3. The lowest BCUT2D eigenvalue weighted by Gasteiger charge is -2.25. The Balaban J connectivity index is 1.47. The lowest BCUT2D eigenvalue weighted by atomic mass is 9.96. The molecular weight excluding hydrogens is 342 g/mol. The van der Waals surface area contributed by atoms with E-state index in [9.17, 15) is 0 Å². The van der Waals surface area contributed by atoms with Crippen molar-refractivity contribution in [1.82, 2.24) is 24.8 Å². The molecule has 1 aliphatic carbocycles. The zero-order valence-electron chi connectivity index (χ0n) is 12.6. The number of aromatic nitrogens is 5. The molecule has 1 aromatic carbocycles. The molecule has 0 aliphatic heterocycles. The molecule has 120 valence electrons. The molecule has 0 N–H and O–H groups in total. The quantitative estimate of drug-likeness (QED) is 0.554. The van der Waals surface area contributed by atoms with E-state index in [2.05, 4.69) is 26.3 Å². The minimum absolute atomic E-state index is 0.302. The van der Waals surface area contributed by atoms with E-state index in [1.807, 2.05) is 29.8 Å². The monoisotopic (exact) mass is 355 g/mol. The van der Waals surface area contributed by atoms with Crippen molar-refractivity contribution in [1.29, 1.82) is 0 Å². The van der Waals surface area contributed by atoms with E-state index in [1.54, 1.807) is 15.9 Å². The van der Waals surface area contributed by atoms with Crippen molar-refractivity contribution in [2.75, 3.05) is 0 Å². The molecule has 1 aliphatic rings. The standard InChI is InChI=1S/C16H13N5OS2/c1-2-10(3-1)22-15-7-6-14-18-19-16(21(14)20-15)24-11-4-5-12-13(8-11)23-9-17-12/h4-10H,1-3H2. The van der Waals surface area contributed by atoms with Gasteiger partial charge in [-0.25, -0.2) is 4.98 Å². The first kappa shape index (κ1) is 14.2. The summed E-state index contributed by atoms with van der Waals surface area (Å²) in [5.74, 6) is 0.631. The summed E-state index contributed by atoms with van der Waals surface area (Å²) in [6, 6.07) is 9.94. The number of thiazole rings is 1. The molecule has 24 heavy (non-hydrogen) atoms. The molecule has 0 amide bonds. The second kappa shape index (κ2) is 5.71. The largest absolute Gasteiger partial charge is 0.473 e. The first-order valence-electron chi connectivity index (χ1n) is 7.75. The molecule has 8 heteroatoms. The highest BCUT2D eigenvalue weighted by Gasteiger charge is 2.20. The van der Waals surface area contributed by atoms with Crippen molar-refractivity contribution in [3.05, 3.63) is 35.8 Å². The molecular formula is C16H13N5OS2. The molecule has 0 atom stereocenters. The van der Waals surface area contributed by atoms with Crippen molar-refractivity contribution in [3.8, 4) is 5.88 Å². The van der Waals surface area contributed by atoms with E-state index >= 15 is 0 Å². The summed E-state index contributed by atoms with van der Waals surface area (Å²) in [5, 5.41) is 13.7. The summed E-state index contributed by atoms with van der Waals surface area (Å²) in [6.07, 6.45) is 3.76. The third-order valence-corrected chi connectivity index (χ3v) is 5.78. The van der Waals surface area contributed by atoms with Crippen LogP contribution in [0, 0.1) is 0 Å². The molecule has 4 aromatic rings. The van der Waals surface area contributed by atoms with Gasteiger partial charge in [0, 0.05) is 11.0 Å². The maximum absolute atomic E-state index is 5.88. The van der Waals surface area contributed by atoms with Crippen LogP contribution in [-0.4, -0.2) is 30.9 Å². The molecule has 1 saturated carbocycles. The lowest BCUT2D eigenvalue weighted by molar-refractivity contribution is 0.113. The Kier molecular flexibility index (Phi) is 3.37. The number of benzene rings is 1. The van der Waals surface area contributed by atoms with Crippen LogP contribution in [0.4, 0.5) is 0 Å². The van der Waals surface area contributed by atoms with Crippen LogP contribution in [0.15, 0.2) is 45.9 Å². The first-order chi connectivity index (χ1) is 11.8. The average Bonchev–Trinajstić information content (AvgIpc) is 3.18. The highest BCUT2D eigenvalue weighted by atomic mass is 32.2. The summed E-state index contributed by atoms with van der Waals surface area (Å²) in [5.41, 5.74) is 3.60. The SMILES string of the molecule is c1nc2ccc(Sc3nnc4ccc(OC5CCC5)nn34)cc2s1. The summed E-state index contributed by atoms with van der Waals surface area (Å²) < 4.78 is 8.79. The molecule has 0 radical (unpaired) electrons. The van der Waals surface area contributed by atoms with Crippen LogP contribution in [0.25, 0.3) is 15.9 Å². The number of fused-ring (bicyclic) bond motifs is 2. The number of ether oxygens (including phenoxy) is 1. The fraction of sp³-hybridized carbons (Fsp3) is 0.250. The third-order valence-electron chi connectivity index (χ3n) is 4.06. The van der Waals surface area contributed by atoms with Crippen LogP contribution in [0.3, 0.4) is 0 Å². The highest BCUT2D eigenvalue weighted by molar-refractivity contribution is 7.99. The summed E-state index contributed by atoms with van der Waals surface area (Å²) >= 11 is 3.17. The summed E-state index contributed by atoms with van der Waals surface area (Å²) in [4.78, 5) is 5.40. The van der Waals surface area contributed by atoms with E-state index in [4.69, 9.17) is 4.74 Å². The summed E-state index contributed by atoms with van der Waals surface area (Å²) in [7, 11) is 0. The van der Waals surface area contributed by atoms with Crippen molar-refractivity contribution < 1.29 is 4.74 Å². The molecule has 0 saturated heterocycles. The van der Waals surface area contributed by atoms with Crippen molar-refractivity contribution in [2.24, 2.45) is 0 Å². The van der Waals surface area contributed by atoms with Gasteiger partial charge in [0.05, 0.1) is 15.7 Å². The number of hydrogen-bond acceptors (Lipinski definition) is 7. The molecule has 0 spiro atoms. The van der Waals surface area contributed by atoms with Gasteiger partial charge in [0.1, 0.15) is 6.10 Å². The van der Waals surface area contributed by atoms with Gasteiger partial charge >= 0.3 is 0 Å². The number of hydrogen-bond donors (Lipinski definition) is 0. The number of rotatable bonds is 4. The number of nitrogens with zero attached hydrogens (tertiary/aromatic N) is 5. The molecule has 0 unspecified atom stereocenters. The fourth-order valence-electron chi connectivity index (χ4n) is 2.54. The van der Waals surface area contributed by atoms with Crippen molar-refractivity contribution in [2.45, 2.75) is 35.4 Å². The minimum atomic E-state index is 0.302. The molecule has 3 aromatic heterocycles. The maximum Gasteiger partial charge on any atom is 0.232 e. The van der Waals surface area contributed by atoms with Crippen LogP contribution in [-0.2, 0) is 0 Å². The smallest absolute Gasteiger partial charge is 0.232 e. The Labute approximate surface area is 145 Å². The lowest BCUT2D eigenvalue weighted by Crippen LogP contribution is -2.25. The van der Waals surface area contributed by atoms with Crippen LogP contribution in [0.5, 0.6) is 5.88 Å².